The van der Waals surface area contributed by atoms with E-state index in [1.165, 1.54) is 0 Å². The fourth-order valence-electron chi connectivity index (χ4n) is 1.47. The summed E-state index contributed by atoms with van der Waals surface area (Å²) in [7, 11) is 1.61. The van der Waals surface area contributed by atoms with Gasteiger partial charge in [0.25, 0.3) is 0 Å². The second-order valence-corrected chi connectivity index (χ2v) is 3.35. The molecule has 0 aliphatic rings. The van der Waals surface area contributed by atoms with Crippen molar-refractivity contribution >= 4 is 12.0 Å². The van der Waals surface area contributed by atoms with E-state index < -0.39 is 5.97 Å². The van der Waals surface area contributed by atoms with Gasteiger partial charge in [0.2, 0.25) is 0 Å². The van der Waals surface area contributed by atoms with Crippen LogP contribution < -0.4 is 4.74 Å². The third kappa shape index (κ3) is 2.84. The van der Waals surface area contributed by atoms with Gasteiger partial charge in [-0.25, -0.2) is 4.79 Å². The van der Waals surface area contributed by atoms with Crippen LogP contribution in [0.4, 0.5) is 0 Å². The summed E-state index contributed by atoms with van der Waals surface area (Å²) >= 11 is 0. The summed E-state index contributed by atoms with van der Waals surface area (Å²) in [6.07, 6.45) is 2.74. The average Bonchev–Trinajstić information content (AvgIpc) is 2.15. The minimum absolute atomic E-state index is 0.789. The average molecular weight is 206 g/mol. The van der Waals surface area contributed by atoms with Gasteiger partial charge in [-0.2, -0.15) is 0 Å². The highest BCUT2D eigenvalue weighted by Crippen LogP contribution is 2.22. The molecule has 0 aliphatic heterocycles. The van der Waals surface area contributed by atoms with Gasteiger partial charge in [-0.05, 0) is 48.7 Å². The maximum atomic E-state index is 10.4. The Kier molecular flexibility index (Phi) is 3.50. The lowest BCUT2D eigenvalue weighted by atomic mass is 10.0. The van der Waals surface area contributed by atoms with Crippen LogP contribution in [-0.2, 0) is 4.79 Å². The van der Waals surface area contributed by atoms with E-state index in [1.807, 2.05) is 26.0 Å². The molecule has 1 aromatic carbocycles. The summed E-state index contributed by atoms with van der Waals surface area (Å²) < 4.78 is 5.12. The predicted molar refractivity (Wildman–Crippen MR) is 59.1 cm³/mol. The molecule has 0 heterocycles. The van der Waals surface area contributed by atoms with Crippen molar-refractivity contribution in [1.82, 2.24) is 0 Å². The summed E-state index contributed by atoms with van der Waals surface area (Å²) in [5, 5.41) is 8.55. The quantitative estimate of drug-likeness (QED) is 0.772. The molecule has 3 heteroatoms. The first kappa shape index (κ1) is 11.3. The predicted octanol–water partition coefficient (Wildman–Crippen LogP) is 2.41. The Hall–Kier alpha value is -1.77. The Bertz CT molecular complexity index is 382. The lowest BCUT2D eigenvalue weighted by molar-refractivity contribution is -0.131. The van der Waals surface area contributed by atoms with Gasteiger partial charge in [0.15, 0.2) is 0 Å². The molecule has 0 aromatic heterocycles. The number of carboxylic acids is 1. The zero-order valence-corrected chi connectivity index (χ0v) is 9.07. The normalized spacial score (nSPS) is 10.6. The van der Waals surface area contributed by atoms with E-state index >= 15 is 0 Å². The first-order valence-corrected chi connectivity index (χ1v) is 4.61. The van der Waals surface area contributed by atoms with Gasteiger partial charge < -0.3 is 9.84 Å². The molecule has 0 bridgehead atoms. The fraction of sp³-hybridized carbons (Fsp3) is 0.250. The zero-order chi connectivity index (χ0) is 11.4. The van der Waals surface area contributed by atoms with E-state index in [0.29, 0.717) is 0 Å². The lowest BCUT2D eigenvalue weighted by Crippen LogP contribution is -1.92. The van der Waals surface area contributed by atoms with Crippen LogP contribution in [0.25, 0.3) is 6.08 Å². The number of aliphatic carboxylic acids is 1. The van der Waals surface area contributed by atoms with Gasteiger partial charge in [0.05, 0.1) is 7.11 Å². The number of rotatable bonds is 3. The van der Waals surface area contributed by atoms with Crippen LogP contribution in [0.3, 0.4) is 0 Å². The zero-order valence-electron chi connectivity index (χ0n) is 9.07. The summed E-state index contributed by atoms with van der Waals surface area (Å²) in [5.74, 6) is -0.151. The number of carbonyl (C=O) groups is 1. The molecule has 0 spiro atoms. The fourth-order valence-corrected chi connectivity index (χ4v) is 1.47. The van der Waals surface area contributed by atoms with Gasteiger partial charge in [-0.15, -0.1) is 0 Å². The number of aryl methyl sites for hydroxylation is 2. The van der Waals surface area contributed by atoms with Gasteiger partial charge in [0, 0.05) is 6.08 Å². The molecule has 0 amide bonds. The molecule has 1 rings (SSSR count). The van der Waals surface area contributed by atoms with E-state index in [-0.39, 0.29) is 0 Å². The molecule has 0 fully saturated rings. The SMILES string of the molecule is COc1cc(C)c(/C=C/C(=O)O)c(C)c1. The Morgan fingerprint density at radius 1 is 1.33 bits per heavy atom. The van der Waals surface area contributed by atoms with Crippen LogP contribution in [0.15, 0.2) is 18.2 Å². The maximum Gasteiger partial charge on any atom is 0.328 e. The molecule has 1 aromatic rings. The van der Waals surface area contributed by atoms with Crippen LogP contribution in [0.5, 0.6) is 5.75 Å². The Morgan fingerprint density at radius 2 is 1.87 bits per heavy atom. The van der Waals surface area contributed by atoms with Crippen molar-refractivity contribution in [3.63, 3.8) is 0 Å². The molecule has 0 saturated carbocycles. The van der Waals surface area contributed by atoms with Crippen LogP contribution in [0, 0.1) is 13.8 Å². The highest BCUT2D eigenvalue weighted by molar-refractivity contribution is 5.86. The van der Waals surface area contributed by atoms with Gasteiger partial charge in [-0.3, -0.25) is 0 Å². The number of methoxy groups -OCH3 is 1. The molecule has 0 atom stereocenters. The van der Waals surface area contributed by atoms with Crippen molar-refractivity contribution in [2.75, 3.05) is 7.11 Å². The number of carboxylic acid groups (broad SMARTS) is 1. The van der Waals surface area contributed by atoms with Gasteiger partial charge in [0.1, 0.15) is 5.75 Å². The van der Waals surface area contributed by atoms with Crippen molar-refractivity contribution in [3.05, 3.63) is 34.9 Å². The monoisotopic (exact) mass is 206 g/mol. The summed E-state index contributed by atoms with van der Waals surface area (Å²) in [6, 6.07) is 3.77. The largest absolute Gasteiger partial charge is 0.497 e. The van der Waals surface area contributed by atoms with Crippen LogP contribution in [0.1, 0.15) is 16.7 Å². The van der Waals surface area contributed by atoms with E-state index in [4.69, 9.17) is 9.84 Å². The minimum Gasteiger partial charge on any atom is -0.497 e. The first-order chi connectivity index (χ1) is 7.04. The number of benzene rings is 1. The lowest BCUT2D eigenvalue weighted by Gasteiger charge is -2.08. The number of hydrogen-bond donors (Lipinski definition) is 1. The number of hydrogen-bond acceptors (Lipinski definition) is 2. The van der Waals surface area contributed by atoms with Gasteiger partial charge in [-0.1, -0.05) is 0 Å². The third-order valence-corrected chi connectivity index (χ3v) is 2.20. The first-order valence-electron chi connectivity index (χ1n) is 4.61. The van der Waals surface area contributed by atoms with Crippen molar-refractivity contribution in [2.45, 2.75) is 13.8 Å². The molecule has 0 saturated heterocycles. The highest BCUT2D eigenvalue weighted by atomic mass is 16.5. The topological polar surface area (TPSA) is 46.5 Å². The molecule has 15 heavy (non-hydrogen) atoms. The van der Waals surface area contributed by atoms with E-state index in [2.05, 4.69) is 0 Å². The molecule has 0 aliphatic carbocycles. The summed E-state index contributed by atoms with van der Waals surface area (Å²) in [5.41, 5.74) is 2.94. The highest BCUT2D eigenvalue weighted by Gasteiger charge is 2.02. The van der Waals surface area contributed by atoms with E-state index in [1.54, 1.807) is 13.2 Å². The van der Waals surface area contributed by atoms with E-state index in [9.17, 15) is 4.79 Å². The van der Waals surface area contributed by atoms with Crippen molar-refractivity contribution in [1.29, 1.82) is 0 Å². The molecule has 80 valence electrons. The standard InChI is InChI=1S/C12H14O3/c1-8-6-10(15-3)7-9(2)11(8)4-5-12(13)14/h4-7H,1-3H3,(H,13,14)/b5-4+. The molecular formula is C12H14O3. The second kappa shape index (κ2) is 4.64. The Labute approximate surface area is 89.0 Å². The van der Waals surface area contributed by atoms with Crippen molar-refractivity contribution in [2.24, 2.45) is 0 Å². The van der Waals surface area contributed by atoms with Crippen LogP contribution in [0.2, 0.25) is 0 Å². The summed E-state index contributed by atoms with van der Waals surface area (Å²) in [4.78, 5) is 10.4. The molecule has 0 unspecified atom stereocenters. The molecule has 1 N–H and O–H groups in total. The van der Waals surface area contributed by atoms with Gasteiger partial charge >= 0.3 is 5.97 Å². The van der Waals surface area contributed by atoms with Crippen molar-refractivity contribution in [3.8, 4) is 5.75 Å². The van der Waals surface area contributed by atoms with Crippen LogP contribution in [-0.4, -0.2) is 18.2 Å². The number of ether oxygens (including phenoxy) is 1. The molecule has 3 nitrogen and oxygen atoms in total. The molecule has 0 radical (unpaired) electrons. The second-order valence-electron chi connectivity index (χ2n) is 3.35. The maximum absolute atomic E-state index is 10.4. The Balaban J connectivity index is 3.14. The van der Waals surface area contributed by atoms with Crippen molar-refractivity contribution < 1.29 is 14.6 Å². The molecular weight excluding hydrogens is 192 g/mol. The smallest absolute Gasteiger partial charge is 0.328 e. The van der Waals surface area contributed by atoms with E-state index in [0.717, 1.165) is 28.5 Å². The third-order valence-electron chi connectivity index (χ3n) is 2.20. The summed E-state index contributed by atoms with van der Waals surface area (Å²) in [6.45, 7) is 3.86. The minimum atomic E-state index is -0.940. The van der Waals surface area contributed by atoms with Crippen LogP contribution >= 0.6 is 0 Å². The Morgan fingerprint density at radius 3 is 2.27 bits per heavy atom.